The minimum Gasteiger partial charge on any atom is -0.495 e. The standard InChI is InChI=1S/C15H15NO2/c1-17-15-5-4-11(7-14(15)16)10-2-3-12-8-18-9-13(12)6-10/h2-7H,8-9,16H2,1H3. The van der Waals surface area contributed by atoms with Crippen molar-refractivity contribution in [2.24, 2.45) is 0 Å². The predicted molar refractivity (Wildman–Crippen MR) is 71.3 cm³/mol. The molecular formula is C15H15NO2. The first-order chi connectivity index (χ1) is 8.78. The highest BCUT2D eigenvalue weighted by molar-refractivity contribution is 5.71. The third-order valence-corrected chi connectivity index (χ3v) is 3.28. The molecule has 3 heteroatoms. The first kappa shape index (κ1) is 11.1. The van der Waals surface area contributed by atoms with E-state index in [1.54, 1.807) is 7.11 Å². The van der Waals surface area contributed by atoms with Crippen LogP contribution in [0.5, 0.6) is 5.75 Å². The lowest BCUT2D eigenvalue weighted by atomic mass is 10.00. The molecule has 0 amide bonds. The van der Waals surface area contributed by atoms with Crippen molar-refractivity contribution in [1.82, 2.24) is 0 Å². The van der Waals surface area contributed by atoms with Crippen LogP contribution in [0.25, 0.3) is 11.1 Å². The van der Waals surface area contributed by atoms with E-state index in [0.717, 1.165) is 17.7 Å². The number of hydrogen-bond acceptors (Lipinski definition) is 3. The molecule has 2 N–H and O–H groups in total. The van der Waals surface area contributed by atoms with Crippen LogP contribution >= 0.6 is 0 Å². The molecule has 3 rings (SSSR count). The van der Waals surface area contributed by atoms with E-state index in [1.165, 1.54) is 11.1 Å². The lowest BCUT2D eigenvalue weighted by Crippen LogP contribution is -1.93. The van der Waals surface area contributed by atoms with E-state index >= 15 is 0 Å². The first-order valence-corrected chi connectivity index (χ1v) is 5.91. The number of methoxy groups -OCH3 is 1. The molecule has 0 saturated carbocycles. The van der Waals surface area contributed by atoms with Gasteiger partial charge in [0, 0.05) is 0 Å². The minimum atomic E-state index is 0.659. The van der Waals surface area contributed by atoms with Crippen LogP contribution in [0.4, 0.5) is 5.69 Å². The number of anilines is 1. The van der Waals surface area contributed by atoms with Crippen molar-refractivity contribution in [2.75, 3.05) is 12.8 Å². The van der Waals surface area contributed by atoms with Gasteiger partial charge in [-0.15, -0.1) is 0 Å². The van der Waals surface area contributed by atoms with E-state index in [1.807, 2.05) is 18.2 Å². The predicted octanol–water partition coefficient (Wildman–Crippen LogP) is 2.97. The quantitative estimate of drug-likeness (QED) is 0.822. The molecular weight excluding hydrogens is 226 g/mol. The number of hydrogen-bond donors (Lipinski definition) is 1. The number of rotatable bonds is 2. The number of fused-ring (bicyclic) bond motifs is 1. The zero-order chi connectivity index (χ0) is 12.5. The van der Waals surface area contributed by atoms with Crippen LogP contribution in [0.1, 0.15) is 11.1 Å². The molecule has 0 aromatic heterocycles. The third-order valence-electron chi connectivity index (χ3n) is 3.28. The fraction of sp³-hybridized carbons (Fsp3) is 0.200. The maximum Gasteiger partial charge on any atom is 0.141 e. The van der Waals surface area contributed by atoms with Crippen molar-refractivity contribution >= 4 is 5.69 Å². The van der Waals surface area contributed by atoms with Crippen LogP contribution in [0.2, 0.25) is 0 Å². The minimum absolute atomic E-state index is 0.659. The molecule has 1 aliphatic rings. The monoisotopic (exact) mass is 241 g/mol. The van der Waals surface area contributed by atoms with Gasteiger partial charge < -0.3 is 15.2 Å². The molecule has 0 spiro atoms. The first-order valence-electron chi connectivity index (χ1n) is 5.91. The molecule has 1 heterocycles. The molecule has 1 aliphatic heterocycles. The van der Waals surface area contributed by atoms with E-state index in [9.17, 15) is 0 Å². The average molecular weight is 241 g/mol. The van der Waals surface area contributed by atoms with Crippen LogP contribution in [0.15, 0.2) is 36.4 Å². The summed E-state index contributed by atoms with van der Waals surface area (Å²) < 4.78 is 10.6. The highest BCUT2D eigenvalue weighted by Crippen LogP contribution is 2.31. The summed E-state index contributed by atoms with van der Waals surface area (Å²) in [5.74, 6) is 0.711. The van der Waals surface area contributed by atoms with E-state index < -0.39 is 0 Å². The summed E-state index contributed by atoms with van der Waals surface area (Å²) in [6.45, 7) is 1.43. The van der Waals surface area contributed by atoms with Crippen LogP contribution in [-0.2, 0) is 18.0 Å². The molecule has 18 heavy (non-hydrogen) atoms. The van der Waals surface area contributed by atoms with Gasteiger partial charge in [-0.3, -0.25) is 0 Å². The zero-order valence-electron chi connectivity index (χ0n) is 10.3. The average Bonchev–Trinajstić information content (AvgIpc) is 2.85. The summed E-state index contributed by atoms with van der Waals surface area (Å²) in [4.78, 5) is 0. The van der Waals surface area contributed by atoms with E-state index in [4.69, 9.17) is 15.2 Å². The van der Waals surface area contributed by atoms with Crippen LogP contribution in [-0.4, -0.2) is 7.11 Å². The summed E-state index contributed by atoms with van der Waals surface area (Å²) in [6.07, 6.45) is 0. The van der Waals surface area contributed by atoms with E-state index in [2.05, 4.69) is 18.2 Å². The zero-order valence-corrected chi connectivity index (χ0v) is 10.3. The van der Waals surface area contributed by atoms with Gasteiger partial charge in [-0.2, -0.15) is 0 Å². The normalized spacial score (nSPS) is 13.4. The Balaban J connectivity index is 2.02. The van der Waals surface area contributed by atoms with Crippen LogP contribution in [0, 0.1) is 0 Å². The van der Waals surface area contributed by atoms with Crippen LogP contribution in [0.3, 0.4) is 0 Å². The largest absolute Gasteiger partial charge is 0.495 e. The summed E-state index contributed by atoms with van der Waals surface area (Å²) in [5, 5.41) is 0. The Morgan fingerprint density at radius 3 is 2.50 bits per heavy atom. The molecule has 2 aromatic rings. The Hall–Kier alpha value is -2.00. The molecule has 0 fully saturated rings. The summed E-state index contributed by atoms with van der Waals surface area (Å²) in [7, 11) is 1.62. The lowest BCUT2D eigenvalue weighted by molar-refractivity contribution is 0.134. The summed E-state index contributed by atoms with van der Waals surface area (Å²) in [5.41, 5.74) is 11.4. The molecule has 92 valence electrons. The van der Waals surface area contributed by atoms with Crippen molar-refractivity contribution in [3.8, 4) is 16.9 Å². The number of nitrogen functional groups attached to an aromatic ring is 1. The summed E-state index contributed by atoms with van der Waals surface area (Å²) >= 11 is 0. The van der Waals surface area contributed by atoms with E-state index in [0.29, 0.717) is 18.0 Å². The van der Waals surface area contributed by atoms with E-state index in [-0.39, 0.29) is 0 Å². The number of nitrogens with two attached hydrogens (primary N) is 1. The molecule has 0 radical (unpaired) electrons. The Morgan fingerprint density at radius 2 is 1.72 bits per heavy atom. The van der Waals surface area contributed by atoms with Gasteiger partial charge in [-0.1, -0.05) is 18.2 Å². The molecule has 0 bridgehead atoms. The number of benzene rings is 2. The van der Waals surface area contributed by atoms with Crippen molar-refractivity contribution in [3.05, 3.63) is 47.5 Å². The van der Waals surface area contributed by atoms with Gasteiger partial charge in [0.15, 0.2) is 0 Å². The second-order valence-electron chi connectivity index (χ2n) is 4.43. The topological polar surface area (TPSA) is 44.5 Å². The molecule has 0 aliphatic carbocycles. The maximum atomic E-state index is 5.93. The fourth-order valence-corrected chi connectivity index (χ4v) is 2.27. The van der Waals surface area contributed by atoms with Crippen molar-refractivity contribution in [3.63, 3.8) is 0 Å². The molecule has 0 unspecified atom stereocenters. The van der Waals surface area contributed by atoms with Crippen molar-refractivity contribution in [1.29, 1.82) is 0 Å². The molecule has 2 aromatic carbocycles. The Labute approximate surface area is 106 Å². The highest BCUT2D eigenvalue weighted by atomic mass is 16.5. The van der Waals surface area contributed by atoms with Gasteiger partial charge in [0.05, 0.1) is 26.0 Å². The second-order valence-corrected chi connectivity index (χ2v) is 4.43. The maximum absolute atomic E-state index is 5.93. The van der Waals surface area contributed by atoms with Gasteiger partial charge in [0.2, 0.25) is 0 Å². The number of ether oxygens (including phenoxy) is 2. The van der Waals surface area contributed by atoms with Gasteiger partial charge in [0.1, 0.15) is 5.75 Å². The summed E-state index contributed by atoms with van der Waals surface area (Å²) in [6, 6.07) is 12.3. The van der Waals surface area contributed by atoms with Gasteiger partial charge >= 0.3 is 0 Å². The Bertz CT molecular complexity index is 593. The highest BCUT2D eigenvalue weighted by Gasteiger charge is 2.12. The van der Waals surface area contributed by atoms with Crippen molar-refractivity contribution in [2.45, 2.75) is 13.2 Å². The smallest absolute Gasteiger partial charge is 0.141 e. The fourth-order valence-electron chi connectivity index (χ4n) is 2.27. The third kappa shape index (κ3) is 1.83. The van der Waals surface area contributed by atoms with Crippen LogP contribution < -0.4 is 10.5 Å². The van der Waals surface area contributed by atoms with Crippen molar-refractivity contribution < 1.29 is 9.47 Å². The molecule has 0 atom stereocenters. The Morgan fingerprint density at radius 1 is 1.00 bits per heavy atom. The van der Waals surface area contributed by atoms with Gasteiger partial charge in [-0.05, 0) is 40.5 Å². The lowest BCUT2D eigenvalue weighted by Gasteiger charge is -2.08. The Kier molecular flexibility index (Phi) is 2.68. The van der Waals surface area contributed by atoms with Gasteiger partial charge in [-0.25, -0.2) is 0 Å². The SMILES string of the molecule is COc1ccc(-c2ccc3c(c2)COC3)cc1N. The second kappa shape index (κ2) is 4.35. The molecule has 3 nitrogen and oxygen atoms in total. The van der Waals surface area contributed by atoms with Gasteiger partial charge in [0.25, 0.3) is 0 Å². The molecule has 0 saturated heterocycles.